The fourth-order valence-corrected chi connectivity index (χ4v) is 3.54. The van der Waals surface area contributed by atoms with Crippen LogP contribution < -0.4 is 15.4 Å². The van der Waals surface area contributed by atoms with Crippen molar-refractivity contribution >= 4 is 50.9 Å². The lowest BCUT2D eigenvalue weighted by molar-refractivity contribution is -0.113. The summed E-state index contributed by atoms with van der Waals surface area (Å²) in [4.78, 5) is 25.2. The van der Waals surface area contributed by atoms with Crippen molar-refractivity contribution in [3.8, 4) is 5.75 Å². The number of hydrogen-bond acceptors (Lipinski definition) is 4. The fraction of sp³-hybridized carbons (Fsp3) is 0.0909. The number of amides is 2. The van der Waals surface area contributed by atoms with Crippen molar-refractivity contribution in [3.63, 3.8) is 0 Å². The highest BCUT2D eigenvalue weighted by Gasteiger charge is 2.09. The molecule has 3 aromatic rings. The van der Waals surface area contributed by atoms with E-state index in [0.717, 1.165) is 4.90 Å². The van der Waals surface area contributed by atoms with Crippen LogP contribution in [-0.4, -0.2) is 24.7 Å². The lowest BCUT2D eigenvalue weighted by Crippen LogP contribution is -2.15. The topological polar surface area (TPSA) is 67.4 Å². The molecule has 0 saturated carbocycles. The number of carbonyl (C=O) groups is 2. The molecule has 2 amide bonds. The smallest absolute Gasteiger partial charge is 0.255 e. The molecule has 0 aliphatic rings. The summed E-state index contributed by atoms with van der Waals surface area (Å²) in [5.41, 5.74) is 1.30. The molecule has 2 N–H and O–H groups in total. The van der Waals surface area contributed by atoms with E-state index in [1.807, 2.05) is 12.1 Å². The average Bonchev–Trinajstić information content (AvgIpc) is 2.75. The molecule has 3 rings (SSSR count). The van der Waals surface area contributed by atoms with Gasteiger partial charge in [-0.3, -0.25) is 9.59 Å². The second kappa shape index (κ2) is 10.3. The minimum atomic E-state index is -0.500. The van der Waals surface area contributed by atoms with Crippen molar-refractivity contribution in [1.82, 2.24) is 0 Å². The van der Waals surface area contributed by atoms with Crippen molar-refractivity contribution in [1.29, 1.82) is 0 Å². The second-order valence-corrected chi connectivity index (χ2v) is 8.13. The number of anilines is 2. The van der Waals surface area contributed by atoms with Gasteiger partial charge in [0.2, 0.25) is 5.91 Å². The molecule has 0 aromatic heterocycles. The zero-order valence-corrected chi connectivity index (χ0v) is 18.3. The van der Waals surface area contributed by atoms with Gasteiger partial charge in [0, 0.05) is 20.6 Å². The lowest BCUT2D eigenvalue weighted by atomic mass is 10.2. The van der Waals surface area contributed by atoms with E-state index in [2.05, 4.69) is 26.6 Å². The molecule has 0 spiro atoms. The Labute approximate surface area is 186 Å². The van der Waals surface area contributed by atoms with Gasteiger partial charge in [-0.15, -0.1) is 11.8 Å². The fourth-order valence-electron chi connectivity index (χ4n) is 2.51. The van der Waals surface area contributed by atoms with Gasteiger partial charge in [-0.1, -0.05) is 15.9 Å². The monoisotopic (exact) mass is 488 g/mol. The Morgan fingerprint density at radius 3 is 2.33 bits per heavy atom. The van der Waals surface area contributed by atoms with E-state index in [1.165, 1.54) is 23.9 Å². The molecule has 5 nitrogen and oxygen atoms in total. The number of methoxy groups -OCH3 is 1. The van der Waals surface area contributed by atoms with Gasteiger partial charge in [-0.25, -0.2) is 4.39 Å². The van der Waals surface area contributed by atoms with Crippen LogP contribution in [0.3, 0.4) is 0 Å². The van der Waals surface area contributed by atoms with Crippen molar-refractivity contribution in [2.75, 3.05) is 23.5 Å². The first-order chi connectivity index (χ1) is 14.4. The SMILES string of the molecule is COc1ccc(C(=O)Nc2ccc(SCC(=O)Nc3ccc(Br)cc3F)cc2)cc1. The van der Waals surface area contributed by atoms with Gasteiger partial charge in [0.1, 0.15) is 11.6 Å². The highest BCUT2D eigenvalue weighted by atomic mass is 79.9. The number of ether oxygens (including phenoxy) is 1. The molecular formula is C22H18BrFN2O3S. The molecule has 0 aliphatic heterocycles. The van der Waals surface area contributed by atoms with Gasteiger partial charge in [-0.05, 0) is 66.7 Å². The van der Waals surface area contributed by atoms with E-state index in [0.29, 0.717) is 21.5 Å². The number of halogens is 2. The van der Waals surface area contributed by atoms with Gasteiger partial charge >= 0.3 is 0 Å². The molecule has 0 atom stereocenters. The Kier molecular flexibility index (Phi) is 7.48. The Bertz CT molecular complexity index is 1040. The third kappa shape index (κ3) is 6.08. The molecule has 0 radical (unpaired) electrons. The molecule has 0 bridgehead atoms. The van der Waals surface area contributed by atoms with Crippen LogP contribution in [0.25, 0.3) is 0 Å². The molecule has 0 unspecified atom stereocenters. The molecule has 0 saturated heterocycles. The number of hydrogen-bond donors (Lipinski definition) is 2. The largest absolute Gasteiger partial charge is 0.497 e. The number of thioether (sulfide) groups is 1. The van der Waals surface area contributed by atoms with Crippen LogP contribution in [0.1, 0.15) is 10.4 Å². The third-order valence-corrected chi connectivity index (χ3v) is 5.54. The number of rotatable bonds is 7. The zero-order valence-electron chi connectivity index (χ0n) is 15.9. The Morgan fingerprint density at radius 2 is 1.70 bits per heavy atom. The van der Waals surface area contributed by atoms with Crippen LogP contribution in [0, 0.1) is 5.82 Å². The maximum absolute atomic E-state index is 13.8. The maximum atomic E-state index is 13.8. The highest BCUT2D eigenvalue weighted by molar-refractivity contribution is 9.10. The minimum Gasteiger partial charge on any atom is -0.497 e. The standard InChI is InChI=1S/C22H18BrFN2O3S/c1-29-17-7-2-14(3-8-17)22(28)25-16-5-9-18(10-6-16)30-13-21(27)26-20-11-4-15(23)12-19(20)24/h2-12H,13H2,1H3,(H,25,28)(H,26,27). The van der Waals surface area contributed by atoms with Gasteiger partial charge in [-0.2, -0.15) is 0 Å². The summed E-state index contributed by atoms with van der Waals surface area (Å²) in [5, 5.41) is 5.37. The van der Waals surface area contributed by atoms with Gasteiger partial charge < -0.3 is 15.4 Å². The van der Waals surface area contributed by atoms with Crippen LogP contribution in [0.2, 0.25) is 0 Å². The van der Waals surface area contributed by atoms with Crippen molar-refractivity contribution in [2.45, 2.75) is 4.90 Å². The second-order valence-electron chi connectivity index (χ2n) is 6.17. The summed E-state index contributed by atoms with van der Waals surface area (Å²) in [6.45, 7) is 0. The lowest BCUT2D eigenvalue weighted by Gasteiger charge is -2.08. The Balaban J connectivity index is 1.51. The van der Waals surface area contributed by atoms with E-state index < -0.39 is 5.82 Å². The first-order valence-corrected chi connectivity index (χ1v) is 10.7. The summed E-state index contributed by atoms with van der Waals surface area (Å²) in [6.07, 6.45) is 0. The Hall–Kier alpha value is -2.84. The first-order valence-electron chi connectivity index (χ1n) is 8.88. The van der Waals surface area contributed by atoms with Crippen LogP contribution in [0.4, 0.5) is 15.8 Å². The van der Waals surface area contributed by atoms with Crippen LogP contribution in [0.5, 0.6) is 5.75 Å². The highest BCUT2D eigenvalue weighted by Crippen LogP contribution is 2.23. The van der Waals surface area contributed by atoms with Crippen molar-refractivity contribution in [2.24, 2.45) is 0 Å². The van der Waals surface area contributed by atoms with Crippen LogP contribution >= 0.6 is 27.7 Å². The zero-order chi connectivity index (χ0) is 21.5. The quantitative estimate of drug-likeness (QED) is 0.426. The van der Waals surface area contributed by atoms with E-state index >= 15 is 0 Å². The molecule has 0 heterocycles. The summed E-state index contributed by atoms with van der Waals surface area (Å²) in [5.74, 6) is -0.223. The van der Waals surface area contributed by atoms with Crippen LogP contribution in [-0.2, 0) is 4.79 Å². The summed E-state index contributed by atoms with van der Waals surface area (Å²) in [6, 6.07) is 18.4. The first kappa shape index (κ1) is 21.9. The molecule has 30 heavy (non-hydrogen) atoms. The molecule has 154 valence electrons. The van der Waals surface area contributed by atoms with E-state index in [1.54, 1.807) is 49.6 Å². The number of nitrogens with one attached hydrogen (secondary N) is 2. The molecule has 8 heteroatoms. The predicted octanol–water partition coefficient (Wildman–Crippen LogP) is 5.58. The van der Waals surface area contributed by atoms with Crippen molar-refractivity contribution in [3.05, 3.63) is 82.6 Å². The molecular weight excluding hydrogens is 471 g/mol. The van der Waals surface area contributed by atoms with Gasteiger partial charge in [0.25, 0.3) is 5.91 Å². The summed E-state index contributed by atoms with van der Waals surface area (Å²) < 4.78 is 19.5. The van der Waals surface area contributed by atoms with Crippen LogP contribution in [0.15, 0.2) is 76.1 Å². The molecule has 3 aromatic carbocycles. The minimum absolute atomic E-state index is 0.132. The van der Waals surface area contributed by atoms with Gasteiger partial charge in [0.15, 0.2) is 0 Å². The average molecular weight is 489 g/mol. The maximum Gasteiger partial charge on any atom is 0.255 e. The van der Waals surface area contributed by atoms with Crippen molar-refractivity contribution < 1.29 is 18.7 Å². The molecule has 0 aliphatic carbocycles. The third-order valence-electron chi connectivity index (χ3n) is 4.04. The number of benzene rings is 3. The Morgan fingerprint density at radius 1 is 1.00 bits per heavy atom. The number of carbonyl (C=O) groups excluding carboxylic acids is 2. The predicted molar refractivity (Wildman–Crippen MR) is 121 cm³/mol. The summed E-state index contributed by atoms with van der Waals surface area (Å²) >= 11 is 4.49. The molecule has 0 fully saturated rings. The van der Waals surface area contributed by atoms with E-state index in [9.17, 15) is 14.0 Å². The van der Waals surface area contributed by atoms with E-state index in [-0.39, 0.29) is 23.3 Å². The van der Waals surface area contributed by atoms with E-state index in [4.69, 9.17) is 4.74 Å². The normalized spacial score (nSPS) is 10.4. The van der Waals surface area contributed by atoms with Gasteiger partial charge in [0.05, 0.1) is 18.6 Å². The summed E-state index contributed by atoms with van der Waals surface area (Å²) in [7, 11) is 1.57.